The highest BCUT2D eigenvalue weighted by Gasteiger charge is 2.07. The summed E-state index contributed by atoms with van der Waals surface area (Å²) in [6.07, 6.45) is 0. The smallest absolute Gasteiger partial charge is 0.193 e. The van der Waals surface area contributed by atoms with Gasteiger partial charge in [-0.1, -0.05) is 30.3 Å². The van der Waals surface area contributed by atoms with Crippen molar-refractivity contribution < 1.29 is 8.81 Å². The van der Waals surface area contributed by atoms with E-state index in [2.05, 4.69) is 0 Å². The maximum atomic E-state index is 12.5. The molecule has 0 N–H and O–H groups in total. The van der Waals surface area contributed by atoms with Crippen LogP contribution in [-0.2, 0) is 6.67 Å². The summed E-state index contributed by atoms with van der Waals surface area (Å²) in [7, 11) is 0. The lowest BCUT2D eigenvalue weighted by Gasteiger charge is -2.03. The molecule has 2 aromatic carbocycles. The number of hydrogen-bond donors (Lipinski definition) is 0. The molecule has 0 amide bonds. The Kier molecular flexibility index (Phi) is 2.18. The third-order valence-electron chi connectivity index (χ3n) is 2.80. The van der Waals surface area contributed by atoms with E-state index in [1.54, 1.807) is 6.07 Å². The van der Waals surface area contributed by atoms with Crippen molar-refractivity contribution >= 4 is 21.7 Å². The molecule has 0 bridgehead atoms. The summed E-state index contributed by atoms with van der Waals surface area (Å²) in [6.45, 7) is -0.766. The molecule has 0 atom stereocenters. The van der Waals surface area contributed by atoms with E-state index in [9.17, 15) is 9.18 Å². The monoisotopic (exact) mass is 228 g/mol. The quantitative estimate of drug-likeness (QED) is 0.597. The van der Waals surface area contributed by atoms with Crippen LogP contribution in [0.25, 0.3) is 21.7 Å². The van der Waals surface area contributed by atoms with Gasteiger partial charge in [0.2, 0.25) is 0 Å². The lowest BCUT2D eigenvalue weighted by Crippen LogP contribution is -2.02. The van der Waals surface area contributed by atoms with Gasteiger partial charge in [-0.3, -0.25) is 4.79 Å². The number of halogens is 1. The average Bonchev–Trinajstić information content (AvgIpc) is 2.37. The van der Waals surface area contributed by atoms with Crippen molar-refractivity contribution in [2.45, 2.75) is 6.67 Å². The normalized spacial score (nSPS) is 11.1. The molecule has 0 aliphatic rings. The maximum absolute atomic E-state index is 12.5. The largest absolute Gasteiger partial charge is 0.458 e. The van der Waals surface area contributed by atoms with Gasteiger partial charge in [-0.25, -0.2) is 4.39 Å². The van der Waals surface area contributed by atoms with E-state index < -0.39 is 6.67 Å². The van der Waals surface area contributed by atoms with Crippen molar-refractivity contribution in [3.05, 3.63) is 58.4 Å². The molecule has 0 saturated heterocycles. The molecule has 84 valence electrons. The van der Waals surface area contributed by atoms with Crippen LogP contribution in [0.2, 0.25) is 0 Å². The van der Waals surface area contributed by atoms with E-state index in [1.165, 1.54) is 6.07 Å². The van der Waals surface area contributed by atoms with Crippen molar-refractivity contribution in [3.8, 4) is 0 Å². The van der Waals surface area contributed by atoms with Gasteiger partial charge in [-0.15, -0.1) is 0 Å². The topological polar surface area (TPSA) is 30.2 Å². The minimum atomic E-state index is -0.766. The van der Waals surface area contributed by atoms with Gasteiger partial charge >= 0.3 is 0 Å². The zero-order valence-electron chi connectivity index (χ0n) is 8.94. The summed E-state index contributed by atoms with van der Waals surface area (Å²) in [5.41, 5.74) is 0.236. The van der Waals surface area contributed by atoms with Crippen LogP contribution >= 0.6 is 0 Å². The second-order valence-electron chi connectivity index (χ2n) is 3.87. The van der Waals surface area contributed by atoms with Gasteiger partial charge in [0.05, 0.1) is 5.39 Å². The molecule has 1 heterocycles. The number of rotatable bonds is 1. The Bertz CT molecular complexity index is 759. The predicted octanol–water partition coefficient (Wildman–Crippen LogP) is 3.42. The van der Waals surface area contributed by atoms with Crippen LogP contribution < -0.4 is 5.43 Å². The van der Waals surface area contributed by atoms with Gasteiger partial charge in [0.1, 0.15) is 18.0 Å². The summed E-state index contributed by atoms with van der Waals surface area (Å²) in [5, 5.41) is 2.32. The SMILES string of the molecule is O=c1cc(CF)oc2ccc3ccccc3c12. The minimum absolute atomic E-state index is 0.0674. The van der Waals surface area contributed by atoms with E-state index in [4.69, 9.17) is 4.42 Å². The Morgan fingerprint density at radius 3 is 2.76 bits per heavy atom. The maximum Gasteiger partial charge on any atom is 0.193 e. The van der Waals surface area contributed by atoms with Crippen LogP contribution in [0.3, 0.4) is 0 Å². The van der Waals surface area contributed by atoms with E-state index in [1.807, 2.05) is 30.3 Å². The Morgan fingerprint density at radius 1 is 1.12 bits per heavy atom. The first-order valence-corrected chi connectivity index (χ1v) is 5.30. The molecule has 0 fully saturated rings. The van der Waals surface area contributed by atoms with Gasteiger partial charge < -0.3 is 4.42 Å². The Balaban J connectivity index is 2.55. The van der Waals surface area contributed by atoms with Crippen LogP contribution in [0.4, 0.5) is 4.39 Å². The Morgan fingerprint density at radius 2 is 1.94 bits per heavy atom. The molecule has 0 saturated carbocycles. The molecule has 3 aromatic rings. The molecule has 1 aromatic heterocycles. The average molecular weight is 228 g/mol. The molecule has 0 unspecified atom stereocenters. The fourth-order valence-electron chi connectivity index (χ4n) is 2.05. The van der Waals surface area contributed by atoms with Crippen LogP contribution in [0.1, 0.15) is 5.76 Å². The molecule has 0 aliphatic carbocycles. The van der Waals surface area contributed by atoms with Crippen LogP contribution in [0.5, 0.6) is 0 Å². The van der Waals surface area contributed by atoms with Gasteiger partial charge in [-0.2, -0.15) is 0 Å². The third kappa shape index (κ3) is 1.51. The first-order valence-electron chi connectivity index (χ1n) is 5.30. The van der Waals surface area contributed by atoms with Crippen LogP contribution in [-0.4, -0.2) is 0 Å². The van der Waals surface area contributed by atoms with Crippen LogP contribution in [0, 0.1) is 0 Å². The van der Waals surface area contributed by atoms with Gasteiger partial charge in [0.25, 0.3) is 0 Å². The van der Waals surface area contributed by atoms with Gasteiger partial charge in [0, 0.05) is 6.07 Å². The number of benzene rings is 2. The van der Waals surface area contributed by atoms with Crippen LogP contribution in [0.15, 0.2) is 51.7 Å². The lowest BCUT2D eigenvalue weighted by molar-refractivity contribution is 0.401. The second kappa shape index (κ2) is 3.70. The molecular weight excluding hydrogens is 219 g/mol. The molecule has 0 radical (unpaired) electrons. The van der Waals surface area contributed by atoms with E-state index >= 15 is 0 Å². The summed E-state index contributed by atoms with van der Waals surface area (Å²) in [4.78, 5) is 11.9. The number of hydrogen-bond acceptors (Lipinski definition) is 2. The first-order chi connectivity index (χ1) is 8.29. The highest BCUT2D eigenvalue weighted by atomic mass is 19.1. The fraction of sp³-hybridized carbons (Fsp3) is 0.0714. The Hall–Kier alpha value is -2.16. The molecule has 0 spiro atoms. The summed E-state index contributed by atoms with van der Waals surface area (Å²) >= 11 is 0. The third-order valence-corrected chi connectivity index (χ3v) is 2.80. The fourth-order valence-corrected chi connectivity index (χ4v) is 2.05. The first kappa shape index (κ1) is 10.0. The zero-order valence-corrected chi connectivity index (χ0v) is 8.94. The van der Waals surface area contributed by atoms with Gasteiger partial charge in [-0.05, 0) is 16.8 Å². The lowest BCUT2D eigenvalue weighted by atomic mass is 10.1. The highest BCUT2D eigenvalue weighted by Crippen LogP contribution is 2.23. The van der Waals surface area contributed by atoms with E-state index in [0.29, 0.717) is 11.0 Å². The van der Waals surface area contributed by atoms with E-state index in [0.717, 1.165) is 10.8 Å². The predicted molar refractivity (Wildman–Crippen MR) is 64.8 cm³/mol. The Labute approximate surface area is 96.3 Å². The van der Waals surface area contributed by atoms with E-state index in [-0.39, 0.29) is 11.2 Å². The van der Waals surface area contributed by atoms with Crippen molar-refractivity contribution in [3.63, 3.8) is 0 Å². The molecule has 0 aliphatic heterocycles. The summed E-state index contributed by atoms with van der Waals surface area (Å²) < 4.78 is 17.8. The van der Waals surface area contributed by atoms with Crippen molar-refractivity contribution in [1.29, 1.82) is 0 Å². The summed E-state index contributed by atoms with van der Waals surface area (Å²) in [6, 6.07) is 12.4. The highest BCUT2D eigenvalue weighted by molar-refractivity contribution is 6.05. The molecule has 2 nitrogen and oxygen atoms in total. The molecule has 17 heavy (non-hydrogen) atoms. The number of fused-ring (bicyclic) bond motifs is 3. The number of alkyl halides is 1. The second-order valence-corrected chi connectivity index (χ2v) is 3.87. The van der Waals surface area contributed by atoms with Crippen molar-refractivity contribution in [2.24, 2.45) is 0 Å². The standard InChI is InChI=1S/C14H9FO2/c15-8-10-7-12(16)14-11-4-2-1-3-9(11)5-6-13(14)17-10/h1-7H,8H2. The van der Waals surface area contributed by atoms with Gasteiger partial charge in [0.15, 0.2) is 5.43 Å². The summed E-state index contributed by atoms with van der Waals surface area (Å²) in [5.74, 6) is 0.0674. The minimum Gasteiger partial charge on any atom is -0.458 e. The molecule has 3 rings (SSSR count). The van der Waals surface area contributed by atoms with Crippen molar-refractivity contribution in [2.75, 3.05) is 0 Å². The van der Waals surface area contributed by atoms with Crippen molar-refractivity contribution in [1.82, 2.24) is 0 Å². The molecular formula is C14H9FO2. The molecule has 3 heteroatoms. The zero-order chi connectivity index (χ0) is 11.8.